The molecule has 0 spiro atoms. The Kier molecular flexibility index (Phi) is 5.90. The Morgan fingerprint density at radius 2 is 1.06 bits per heavy atom. The Morgan fingerprint density at radius 3 is 1.77 bits per heavy atom. The molecule has 0 saturated heterocycles. The number of hydrogen-bond acceptors (Lipinski definition) is 2. The van der Waals surface area contributed by atoms with E-state index in [0.717, 1.165) is 34.0 Å². The fourth-order valence-electron chi connectivity index (χ4n) is 7.58. The van der Waals surface area contributed by atoms with Crippen LogP contribution in [-0.2, 0) is 0 Å². The standard InChI is InChI=1S/C44H30N4/c1-3-14-29(15-4-1)43-35-22-7-10-23-38(35)45-44(46-43)30-16-13-19-32(26-30)48-40-25-12-9-21-34(40)37-27-41-36(28-42(37)48)33-20-8-11-24-39(33)47(41)31-17-5-2-6-18-31/h1-28,38H,(H,45,46). The van der Waals surface area contributed by atoms with Gasteiger partial charge in [0.2, 0.25) is 0 Å². The zero-order chi connectivity index (χ0) is 31.6. The highest BCUT2D eigenvalue weighted by atomic mass is 15.1. The van der Waals surface area contributed by atoms with Crippen LogP contribution in [-0.4, -0.2) is 21.0 Å². The predicted octanol–water partition coefficient (Wildman–Crippen LogP) is 10.1. The van der Waals surface area contributed by atoms with Gasteiger partial charge in [-0.15, -0.1) is 0 Å². The molecular weight excluding hydrogens is 585 g/mol. The number of nitrogens with one attached hydrogen (secondary N) is 1. The molecule has 8 aromatic rings. The van der Waals surface area contributed by atoms with Crippen LogP contribution in [0.5, 0.6) is 0 Å². The molecule has 0 amide bonds. The molecule has 2 aromatic heterocycles. The van der Waals surface area contributed by atoms with Gasteiger partial charge in [-0.2, -0.15) is 0 Å². The van der Waals surface area contributed by atoms with Crippen LogP contribution in [0.15, 0.2) is 180 Å². The van der Waals surface area contributed by atoms with E-state index in [4.69, 9.17) is 4.99 Å². The molecule has 1 unspecified atom stereocenters. The van der Waals surface area contributed by atoms with Crippen molar-refractivity contribution in [3.05, 3.63) is 187 Å². The summed E-state index contributed by atoms with van der Waals surface area (Å²) in [5, 5.41) is 8.67. The number of aromatic nitrogens is 2. The normalized spacial score (nSPS) is 15.8. The molecule has 226 valence electrons. The summed E-state index contributed by atoms with van der Waals surface area (Å²) in [6, 6.07) is 52.3. The van der Waals surface area contributed by atoms with Gasteiger partial charge in [-0.05, 0) is 48.5 Å². The highest BCUT2D eigenvalue weighted by Gasteiger charge is 2.25. The van der Waals surface area contributed by atoms with Gasteiger partial charge in [0.25, 0.3) is 0 Å². The summed E-state index contributed by atoms with van der Waals surface area (Å²) in [6.07, 6.45) is 8.58. The predicted molar refractivity (Wildman–Crippen MR) is 200 cm³/mol. The van der Waals surface area contributed by atoms with E-state index in [0.29, 0.717) is 0 Å². The van der Waals surface area contributed by atoms with Gasteiger partial charge in [0.05, 0.1) is 33.8 Å². The van der Waals surface area contributed by atoms with Gasteiger partial charge in [-0.3, -0.25) is 0 Å². The van der Waals surface area contributed by atoms with Crippen molar-refractivity contribution in [2.24, 2.45) is 4.99 Å². The van der Waals surface area contributed by atoms with E-state index < -0.39 is 0 Å². The van der Waals surface area contributed by atoms with Crippen molar-refractivity contribution in [1.82, 2.24) is 14.5 Å². The summed E-state index contributed by atoms with van der Waals surface area (Å²) in [4.78, 5) is 5.25. The number of allylic oxidation sites excluding steroid dienone is 2. The lowest BCUT2D eigenvalue weighted by atomic mass is 9.94. The maximum Gasteiger partial charge on any atom is 0.134 e. The van der Waals surface area contributed by atoms with Crippen molar-refractivity contribution in [2.45, 2.75) is 6.04 Å². The topological polar surface area (TPSA) is 34.2 Å². The second-order valence-corrected chi connectivity index (χ2v) is 12.5. The van der Waals surface area contributed by atoms with E-state index in [1.807, 2.05) is 0 Å². The lowest BCUT2D eigenvalue weighted by molar-refractivity contribution is 0.830. The van der Waals surface area contributed by atoms with Gasteiger partial charge in [-0.1, -0.05) is 121 Å². The molecule has 1 aliphatic heterocycles. The van der Waals surface area contributed by atoms with Crippen LogP contribution in [0.25, 0.3) is 60.7 Å². The minimum Gasteiger partial charge on any atom is -0.359 e. The zero-order valence-electron chi connectivity index (χ0n) is 26.1. The first-order valence-corrected chi connectivity index (χ1v) is 16.4. The van der Waals surface area contributed by atoms with Crippen molar-refractivity contribution >= 4 is 55.1 Å². The maximum absolute atomic E-state index is 5.25. The molecule has 4 nitrogen and oxygen atoms in total. The number of aliphatic imine (C=N–C) groups is 1. The minimum absolute atomic E-state index is 0.0600. The Hall–Kier alpha value is -6.39. The number of nitrogens with zero attached hydrogens (tertiary/aromatic N) is 3. The number of para-hydroxylation sites is 3. The molecular formula is C44H30N4. The molecule has 1 aliphatic carbocycles. The number of fused-ring (bicyclic) bond motifs is 7. The molecule has 10 rings (SSSR count). The Bertz CT molecular complexity index is 2680. The zero-order valence-corrected chi connectivity index (χ0v) is 26.1. The molecule has 2 aliphatic rings. The Balaban J connectivity index is 1.20. The van der Waals surface area contributed by atoms with Gasteiger partial charge >= 0.3 is 0 Å². The lowest BCUT2D eigenvalue weighted by Crippen LogP contribution is -2.39. The number of hydrogen-bond donors (Lipinski definition) is 1. The van der Waals surface area contributed by atoms with Crippen molar-refractivity contribution in [3.8, 4) is 11.4 Å². The molecule has 0 saturated carbocycles. The van der Waals surface area contributed by atoms with E-state index in [1.165, 1.54) is 49.2 Å². The Morgan fingerprint density at radius 1 is 0.479 bits per heavy atom. The van der Waals surface area contributed by atoms with E-state index in [1.54, 1.807) is 0 Å². The smallest absolute Gasteiger partial charge is 0.134 e. The Labute approximate surface area is 277 Å². The molecule has 3 heterocycles. The van der Waals surface area contributed by atoms with Gasteiger partial charge < -0.3 is 14.5 Å². The van der Waals surface area contributed by atoms with Crippen LogP contribution in [0.4, 0.5) is 0 Å². The van der Waals surface area contributed by atoms with E-state index in [2.05, 4.69) is 184 Å². The second-order valence-electron chi connectivity index (χ2n) is 12.5. The SMILES string of the molecule is C1=CC2=C(c3ccccc3)N=C(c3cccc(-n4c5ccccc5c5cc6c(cc54)c4ccccc4n6-c4ccccc4)c3)NC2C=C1. The van der Waals surface area contributed by atoms with Gasteiger partial charge in [0.15, 0.2) is 0 Å². The number of benzene rings is 6. The van der Waals surface area contributed by atoms with Crippen molar-refractivity contribution in [2.75, 3.05) is 0 Å². The van der Waals surface area contributed by atoms with Crippen LogP contribution in [0.3, 0.4) is 0 Å². The summed E-state index contributed by atoms with van der Waals surface area (Å²) >= 11 is 0. The maximum atomic E-state index is 5.25. The third kappa shape index (κ3) is 4.06. The summed E-state index contributed by atoms with van der Waals surface area (Å²) < 4.78 is 4.80. The van der Waals surface area contributed by atoms with Crippen LogP contribution < -0.4 is 5.32 Å². The van der Waals surface area contributed by atoms with Crippen molar-refractivity contribution < 1.29 is 0 Å². The highest BCUT2D eigenvalue weighted by molar-refractivity contribution is 6.19. The number of rotatable bonds is 4. The summed E-state index contributed by atoms with van der Waals surface area (Å²) in [7, 11) is 0. The fraction of sp³-hybridized carbons (Fsp3) is 0.0227. The largest absolute Gasteiger partial charge is 0.359 e. The van der Waals surface area contributed by atoms with E-state index >= 15 is 0 Å². The molecule has 1 atom stereocenters. The molecule has 4 heteroatoms. The summed E-state index contributed by atoms with van der Waals surface area (Å²) in [5.41, 5.74) is 11.4. The highest BCUT2D eigenvalue weighted by Crippen LogP contribution is 2.40. The van der Waals surface area contributed by atoms with Gasteiger partial charge in [-0.25, -0.2) is 4.99 Å². The molecule has 48 heavy (non-hydrogen) atoms. The van der Waals surface area contributed by atoms with Crippen molar-refractivity contribution in [1.29, 1.82) is 0 Å². The third-order valence-electron chi connectivity index (χ3n) is 9.72. The molecule has 0 fully saturated rings. The third-order valence-corrected chi connectivity index (χ3v) is 9.72. The fourth-order valence-corrected chi connectivity index (χ4v) is 7.58. The van der Waals surface area contributed by atoms with Crippen LogP contribution >= 0.6 is 0 Å². The molecule has 0 radical (unpaired) electrons. The van der Waals surface area contributed by atoms with E-state index in [9.17, 15) is 0 Å². The van der Waals surface area contributed by atoms with Crippen LogP contribution in [0.2, 0.25) is 0 Å². The molecule has 6 aromatic carbocycles. The van der Waals surface area contributed by atoms with Gasteiger partial charge in [0.1, 0.15) is 5.84 Å². The first-order valence-electron chi connectivity index (χ1n) is 16.4. The lowest BCUT2D eigenvalue weighted by Gasteiger charge is -2.28. The number of amidine groups is 1. The average molecular weight is 615 g/mol. The van der Waals surface area contributed by atoms with Crippen molar-refractivity contribution in [3.63, 3.8) is 0 Å². The quantitative estimate of drug-likeness (QED) is 0.210. The molecule has 0 bridgehead atoms. The average Bonchev–Trinajstić information content (AvgIpc) is 3.66. The van der Waals surface area contributed by atoms with E-state index in [-0.39, 0.29) is 6.04 Å². The first-order chi connectivity index (χ1) is 23.8. The first kappa shape index (κ1) is 26.8. The van der Waals surface area contributed by atoms with Crippen LogP contribution in [0, 0.1) is 0 Å². The van der Waals surface area contributed by atoms with Crippen LogP contribution in [0.1, 0.15) is 11.1 Å². The minimum atomic E-state index is 0.0600. The molecule has 1 N–H and O–H groups in total. The second kappa shape index (κ2) is 10.6. The summed E-state index contributed by atoms with van der Waals surface area (Å²) in [5.74, 6) is 0.874. The monoisotopic (exact) mass is 614 g/mol. The van der Waals surface area contributed by atoms with Gasteiger partial charge in [0, 0.05) is 49.6 Å². The summed E-state index contributed by atoms with van der Waals surface area (Å²) in [6.45, 7) is 0.